The maximum absolute atomic E-state index is 13.2. The fourth-order valence-electron chi connectivity index (χ4n) is 3.98. The number of hydrogen-bond donors (Lipinski definition) is 1. The number of amides is 1. The molecular formula is C26H24N2O6. The van der Waals surface area contributed by atoms with Crippen LogP contribution < -0.4 is 14.2 Å². The molecule has 3 aromatic rings. The third kappa shape index (κ3) is 4.17. The molecular weight excluding hydrogens is 436 g/mol. The summed E-state index contributed by atoms with van der Waals surface area (Å²) >= 11 is 0. The van der Waals surface area contributed by atoms with E-state index in [9.17, 15) is 14.7 Å². The van der Waals surface area contributed by atoms with Gasteiger partial charge in [0.05, 0.1) is 45.2 Å². The van der Waals surface area contributed by atoms with Gasteiger partial charge >= 0.3 is 0 Å². The van der Waals surface area contributed by atoms with Crippen molar-refractivity contribution in [1.82, 2.24) is 9.88 Å². The zero-order chi connectivity index (χ0) is 24.2. The van der Waals surface area contributed by atoms with Gasteiger partial charge < -0.3 is 24.2 Å². The van der Waals surface area contributed by atoms with Gasteiger partial charge in [0, 0.05) is 11.8 Å². The predicted molar refractivity (Wildman–Crippen MR) is 125 cm³/mol. The molecule has 34 heavy (non-hydrogen) atoms. The number of aromatic nitrogens is 1. The van der Waals surface area contributed by atoms with Crippen molar-refractivity contribution in [2.24, 2.45) is 0 Å². The summed E-state index contributed by atoms with van der Waals surface area (Å²) in [5.41, 5.74) is 1.58. The number of ether oxygens (including phenoxy) is 3. The Balaban J connectivity index is 1.86. The van der Waals surface area contributed by atoms with Crippen LogP contribution in [0, 0.1) is 0 Å². The maximum Gasteiger partial charge on any atom is 0.296 e. The second-order valence-corrected chi connectivity index (χ2v) is 7.59. The Hall–Kier alpha value is -4.33. The molecule has 1 fully saturated rings. The minimum absolute atomic E-state index is 0.0154. The lowest BCUT2D eigenvalue weighted by molar-refractivity contribution is -0.140. The van der Waals surface area contributed by atoms with Gasteiger partial charge in [-0.3, -0.25) is 14.6 Å². The van der Waals surface area contributed by atoms with Gasteiger partial charge in [-0.25, -0.2) is 0 Å². The third-order valence-electron chi connectivity index (χ3n) is 5.69. The first-order valence-corrected chi connectivity index (χ1v) is 10.5. The molecule has 1 unspecified atom stereocenters. The first-order chi connectivity index (χ1) is 16.5. The van der Waals surface area contributed by atoms with E-state index in [0.29, 0.717) is 34.1 Å². The number of benzene rings is 2. The molecule has 1 amide bonds. The Labute approximate surface area is 197 Å². The highest BCUT2D eigenvalue weighted by atomic mass is 16.5. The molecule has 1 N–H and O–H groups in total. The van der Waals surface area contributed by atoms with Crippen molar-refractivity contribution in [1.29, 1.82) is 0 Å². The van der Waals surface area contributed by atoms with Crippen LogP contribution in [0.2, 0.25) is 0 Å². The molecule has 0 bridgehead atoms. The number of methoxy groups -OCH3 is 3. The fourth-order valence-corrected chi connectivity index (χ4v) is 3.98. The summed E-state index contributed by atoms with van der Waals surface area (Å²) in [6.45, 7) is 0.102. The van der Waals surface area contributed by atoms with Gasteiger partial charge in [-0.2, -0.15) is 0 Å². The van der Waals surface area contributed by atoms with Crippen molar-refractivity contribution < 1.29 is 28.9 Å². The molecule has 2 heterocycles. The molecule has 1 aliphatic heterocycles. The molecule has 0 radical (unpaired) electrons. The summed E-state index contributed by atoms with van der Waals surface area (Å²) in [6, 6.07) is 16.4. The van der Waals surface area contributed by atoms with Crippen LogP contribution in [0.5, 0.6) is 17.2 Å². The van der Waals surface area contributed by atoms with Gasteiger partial charge in [-0.15, -0.1) is 0 Å². The van der Waals surface area contributed by atoms with E-state index in [2.05, 4.69) is 4.98 Å². The van der Waals surface area contributed by atoms with Crippen LogP contribution in [0.25, 0.3) is 5.76 Å². The molecule has 0 aliphatic carbocycles. The number of carbonyl (C=O) groups excluding carboxylic acids is 2. The Morgan fingerprint density at radius 1 is 0.941 bits per heavy atom. The fraction of sp³-hybridized carbons (Fsp3) is 0.192. The van der Waals surface area contributed by atoms with Crippen molar-refractivity contribution in [3.05, 3.63) is 89.3 Å². The molecule has 1 aliphatic rings. The molecule has 4 rings (SSSR count). The SMILES string of the molecule is COc1ccc(C2/C(=C(/O)c3ccc(OC)c(OC)c3)C(=O)C(=O)N2Cc2ccccn2)cc1. The lowest BCUT2D eigenvalue weighted by Crippen LogP contribution is -2.29. The molecule has 1 aromatic heterocycles. The quantitative estimate of drug-likeness (QED) is 0.326. The largest absolute Gasteiger partial charge is 0.507 e. The summed E-state index contributed by atoms with van der Waals surface area (Å²) in [4.78, 5) is 32.0. The van der Waals surface area contributed by atoms with Gasteiger partial charge in [-0.1, -0.05) is 18.2 Å². The van der Waals surface area contributed by atoms with E-state index in [4.69, 9.17) is 14.2 Å². The number of nitrogens with zero attached hydrogens (tertiary/aromatic N) is 2. The smallest absolute Gasteiger partial charge is 0.296 e. The van der Waals surface area contributed by atoms with Gasteiger partial charge in [0.15, 0.2) is 11.5 Å². The lowest BCUT2D eigenvalue weighted by atomic mass is 9.95. The summed E-state index contributed by atoms with van der Waals surface area (Å²) in [5.74, 6) is -0.303. The van der Waals surface area contributed by atoms with Crippen LogP contribution in [0.15, 0.2) is 72.4 Å². The zero-order valence-corrected chi connectivity index (χ0v) is 19.0. The Bertz CT molecular complexity index is 1240. The van der Waals surface area contributed by atoms with Crippen LogP contribution in [0.4, 0.5) is 0 Å². The molecule has 2 aromatic carbocycles. The standard InChI is InChI=1S/C26H24N2O6/c1-32-19-10-7-16(8-11-19)23-22(24(29)17-9-12-20(33-2)21(14-17)34-3)25(30)26(31)28(23)15-18-6-4-5-13-27-18/h4-14,23,29H,15H2,1-3H3/b24-22-. The van der Waals surface area contributed by atoms with E-state index in [1.807, 2.05) is 6.07 Å². The van der Waals surface area contributed by atoms with Crippen molar-refractivity contribution >= 4 is 17.4 Å². The average Bonchev–Trinajstić information content (AvgIpc) is 3.13. The van der Waals surface area contributed by atoms with Crippen molar-refractivity contribution in [2.75, 3.05) is 21.3 Å². The lowest BCUT2D eigenvalue weighted by Gasteiger charge is -2.25. The number of rotatable bonds is 7. The van der Waals surface area contributed by atoms with Crippen molar-refractivity contribution in [3.63, 3.8) is 0 Å². The number of ketones is 1. The molecule has 8 nitrogen and oxygen atoms in total. The van der Waals surface area contributed by atoms with E-state index in [1.54, 1.807) is 67.9 Å². The van der Waals surface area contributed by atoms with Crippen molar-refractivity contribution in [3.8, 4) is 17.2 Å². The molecule has 1 atom stereocenters. The number of hydrogen-bond acceptors (Lipinski definition) is 7. The molecule has 174 valence electrons. The molecule has 0 spiro atoms. The van der Waals surface area contributed by atoms with E-state index >= 15 is 0 Å². The number of pyridine rings is 1. The zero-order valence-electron chi connectivity index (χ0n) is 19.0. The number of aliphatic hydroxyl groups excluding tert-OH is 1. The summed E-state index contributed by atoms with van der Waals surface area (Å²) in [7, 11) is 4.54. The highest BCUT2D eigenvalue weighted by Gasteiger charge is 2.46. The maximum atomic E-state index is 13.2. The van der Waals surface area contributed by atoms with Gasteiger partial charge in [0.1, 0.15) is 11.5 Å². The van der Waals surface area contributed by atoms with E-state index in [1.165, 1.54) is 19.1 Å². The molecule has 0 saturated carbocycles. The topological polar surface area (TPSA) is 98.2 Å². The summed E-state index contributed by atoms with van der Waals surface area (Å²) < 4.78 is 15.8. The van der Waals surface area contributed by atoms with Crippen LogP contribution in [0.3, 0.4) is 0 Å². The third-order valence-corrected chi connectivity index (χ3v) is 5.69. The van der Waals surface area contributed by atoms with Gasteiger partial charge in [0.2, 0.25) is 0 Å². The molecule has 1 saturated heterocycles. The normalized spacial score (nSPS) is 17.0. The monoisotopic (exact) mass is 460 g/mol. The number of likely N-dealkylation sites (tertiary alicyclic amines) is 1. The van der Waals surface area contributed by atoms with Crippen LogP contribution in [0.1, 0.15) is 22.9 Å². The minimum Gasteiger partial charge on any atom is -0.507 e. The van der Waals surface area contributed by atoms with E-state index in [0.717, 1.165) is 0 Å². The first kappa shape index (κ1) is 22.8. The number of carbonyl (C=O) groups is 2. The minimum atomic E-state index is -0.819. The van der Waals surface area contributed by atoms with Crippen LogP contribution in [-0.2, 0) is 16.1 Å². The molecule has 8 heteroatoms. The number of Topliss-reactive ketones (excluding diaryl/α,β-unsaturated/α-hetero) is 1. The van der Waals surface area contributed by atoms with Gasteiger partial charge in [-0.05, 0) is 48.0 Å². The number of aliphatic hydroxyl groups is 1. The summed E-state index contributed by atoms with van der Waals surface area (Å²) in [5, 5.41) is 11.3. The Morgan fingerprint density at radius 3 is 2.29 bits per heavy atom. The Morgan fingerprint density at radius 2 is 1.68 bits per heavy atom. The first-order valence-electron chi connectivity index (χ1n) is 10.5. The Kier molecular flexibility index (Phi) is 6.49. The highest BCUT2D eigenvalue weighted by molar-refractivity contribution is 6.46. The van der Waals surface area contributed by atoms with Crippen LogP contribution in [-0.4, -0.2) is 48.0 Å². The van der Waals surface area contributed by atoms with Crippen LogP contribution >= 0.6 is 0 Å². The van der Waals surface area contributed by atoms with Gasteiger partial charge in [0.25, 0.3) is 11.7 Å². The van der Waals surface area contributed by atoms with E-state index < -0.39 is 17.7 Å². The predicted octanol–water partition coefficient (Wildman–Crippen LogP) is 3.73. The second kappa shape index (κ2) is 9.66. The highest BCUT2D eigenvalue weighted by Crippen LogP contribution is 2.41. The second-order valence-electron chi connectivity index (χ2n) is 7.59. The average molecular weight is 460 g/mol. The van der Waals surface area contributed by atoms with Crippen molar-refractivity contribution in [2.45, 2.75) is 12.6 Å². The van der Waals surface area contributed by atoms with E-state index in [-0.39, 0.29) is 17.9 Å². The summed E-state index contributed by atoms with van der Waals surface area (Å²) in [6.07, 6.45) is 1.62.